The molecule has 23 heavy (non-hydrogen) atoms. The van der Waals surface area contributed by atoms with Crippen LogP contribution in [0.2, 0.25) is 0 Å². The number of halogens is 3. The maximum atomic E-state index is 12.4. The number of fused-ring (bicyclic) bond motifs is 1. The Balaban J connectivity index is 1.81. The van der Waals surface area contributed by atoms with Crippen LogP contribution in [0.5, 0.6) is 0 Å². The number of aromatic nitrogens is 1. The second kappa shape index (κ2) is 4.93. The number of carbonyl (C=O) groups excluding carboxylic acids is 3. The summed E-state index contributed by atoms with van der Waals surface area (Å²) in [6.07, 6.45) is -4.81. The highest BCUT2D eigenvalue weighted by Gasteiger charge is 2.40. The zero-order valence-electron chi connectivity index (χ0n) is 11.0. The van der Waals surface area contributed by atoms with Gasteiger partial charge >= 0.3 is 12.1 Å². The number of hydrogen-bond acceptors (Lipinski definition) is 6. The van der Waals surface area contributed by atoms with Gasteiger partial charge in [0.2, 0.25) is 5.76 Å². The standard InChI is InChI=1S/C13H5F3N2O5/c14-13(15,16)9-5-8(22-17-9)12(21)23-18-10(19)6-3-1-2-4-7(6)11(18)20/h1-5H. The topological polar surface area (TPSA) is 89.7 Å². The summed E-state index contributed by atoms with van der Waals surface area (Å²) in [6.45, 7) is 0. The van der Waals surface area contributed by atoms with Gasteiger partial charge in [-0.15, -0.1) is 0 Å². The molecule has 0 N–H and O–H groups in total. The van der Waals surface area contributed by atoms with E-state index in [1.54, 1.807) is 0 Å². The van der Waals surface area contributed by atoms with Crippen LogP contribution < -0.4 is 0 Å². The van der Waals surface area contributed by atoms with Gasteiger partial charge < -0.3 is 9.36 Å². The molecule has 2 aromatic rings. The molecule has 0 bridgehead atoms. The fourth-order valence-corrected chi connectivity index (χ4v) is 1.88. The second-order valence-corrected chi connectivity index (χ2v) is 4.40. The first kappa shape index (κ1) is 14.8. The van der Waals surface area contributed by atoms with Crippen molar-refractivity contribution in [2.75, 3.05) is 0 Å². The molecule has 0 spiro atoms. The molecule has 1 aliphatic heterocycles. The number of amides is 2. The molecular weight excluding hydrogens is 321 g/mol. The summed E-state index contributed by atoms with van der Waals surface area (Å²) in [5.41, 5.74) is -1.41. The first-order chi connectivity index (χ1) is 10.8. The highest BCUT2D eigenvalue weighted by Crippen LogP contribution is 2.29. The Kier molecular flexibility index (Phi) is 3.17. The molecule has 0 saturated heterocycles. The molecule has 2 amide bonds. The SMILES string of the molecule is O=C(ON1C(=O)c2ccccc2C1=O)c1cc(C(F)(F)F)no1. The van der Waals surface area contributed by atoms with Crippen LogP contribution in [-0.2, 0) is 11.0 Å². The first-order valence-electron chi connectivity index (χ1n) is 6.03. The summed E-state index contributed by atoms with van der Waals surface area (Å²) in [7, 11) is 0. The molecule has 1 aromatic heterocycles. The van der Waals surface area contributed by atoms with E-state index in [9.17, 15) is 27.6 Å². The number of hydrogen-bond donors (Lipinski definition) is 0. The Labute approximate surface area is 125 Å². The molecule has 0 atom stereocenters. The van der Waals surface area contributed by atoms with Gasteiger partial charge in [0.1, 0.15) is 0 Å². The summed E-state index contributed by atoms with van der Waals surface area (Å²) in [5.74, 6) is -4.17. The van der Waals surface area contributed by atoms with E-state index >= 15 is 0 Å². The van der Waals surface area contributed by atoms with Gasteiger partial charge in [-0.05, 0) is 12.1 Å². The maximum absolute atomic E-state index is 12.4. The summed E-state index contributed by atoms with van der Waals surface area (Å²) >= 11 is 0. The molecular formula is C13H5F3N2O5. The number of nitrogens with zero attached hydrogens (tertiary/aromatic N) is 2. The van der Waals surface area contributed by atoms with Crippen LogP contribution in [0.3, 0.4) is 0 Å². The average molecular weight is 326 g/mol. The van der Waals surface area contributed by atoms with E-state index in [4.69, 9.17) is 0 Å². The highest BCUT2D eigenvalue weighted by atomic mass is 19.4. The van der Waals surface area contributed by atoms with Crippen molar-refractivity contribution in [2.24, 2.45) is 0 Å². The fourth-order valence-electron chi connectivity index (χ4n) is 1.88. The van der Waals surface area contributed by atoms with Gasteiger partial charge in [-0.25, -0.2) is 4.79 Å². The van der Waals surface area contributed by atoms with E-state index in [0.29, 0.717) is 6.07 Å². The molecule has 7 nitrogen and oxygen atoms in total. The van der Waals surface area contributed by atoms with E-state index in [1.807, 2.05) is 0 Å². The monoisotopic (exact) mass is 326 g/mol. The van der Waals surface area contributed by atoms with Gasteiger partial charge in [0.25, 0.3) is 11.8 Å². The normalized spacial score (nSPS) is 14.1. The minimum Gasteiger partial charge on any atom is -0.348 e. The van der Waals surface area contributed by atoms with Crippen LogP contribution in [0.4, 0.5) is 13.2 Å². The number of hydroxylamine groups is 2. The third-order valence-corrected chi connectivity index (χ3v) is 2.93. The van der Waals surface area contributed by atoms with Gasteiger partial charge in [-0.3, -0.25) is 9.59 Å². The van der Waals surface area contributed by atoms with Crippen molar-refractivity contribution in [2.45, 2.75) is 6.18 Å². The van der Waals surface area contributed by atoms with Crippen molar-refractivity contribution >= 4 is 17.8 Å². The van der Waals surface area contributed by atoms with Crippen LogP contribution in [0.1, 0.15) is 37.0 Å². The summed E-state index contributed by atoms with van der Waals surface area (Å²) in [4.78, 5) is 40.1. The van der Waals surface area contributed by atoms with E-state index in [-0.39, 0.29) is 16.2 Å². The van der Waals surface area contributed by atoms with Crippen LogP contribution >= 0.6 is 0 Å². The molecule has 118 valence electrons. The number of imide groups is 1. The van der Waals surface area contributed by atoms with Gasteiger partial charge in [-0.2, -0.15) is 13.2 Å². The fraction of sp³-hybridized carbons (Fsp3) is 0.0769. The average Bonchev–Trinajstić information content (AvgIpc) is 3.08. The molecule has 0 radical (unpaired) electrons. The van der Waals surface area contributed by atoms with Crippen molar-refractivity contribution in [3.8, 4) is 0 Å². The predicted molar refractivity (Wildman–Crippen MR) is 63.9 cm³/mol. The molecule has 0 aliphatic carbocycles. The van der Waals surface area contributed by atoms with Gasteiger partial charge in [0.15, 0.2) is 5.69 Å². The molecule has 0 fully saturated rings. The Morgan fingerprint density at radius 2 is 1.70 bits per heavy atom. The smallest absolute Gasteiger partial charge is 0.348 e. The lowest BCUT2D eigenvalue weighted by Crippen LogP contribution is -2.32. The Bertz CT molecular complexity index is 792. The van der Waals surface area contributed by atoms with Crippen molar-refractivity contribution in [3.05, 3.63) is 52.9 Å². The number of alkyl halides is 3. The molecule has 2 heterocycles. The van der Waals surface area contributed by atoms with Crippen LogP contribution in [0, 0.1) is 0 Å². The largest absolute Gasteiger partial charge is 0.436 e. The van der Waals surface area contributed by atoms with Gasteiger partial charge in [0.05, 0.1) is 11.1 Å². The van der Waals surface area contributed by atoms with Gasteiger partial charge in [0, 0.05) is 6.07 Å². The third kappa shape index (κ3) is 2.43. The van der Waals surface area contributed by atoms with Crippen LogP contribution in [-0.4, -0.2) is 28.0 Å². The minimum atomic E-state index is -4.81. The zero-order valence-corrected chi connectivity index (χ0v) is 11.0. The quantitative estimate of drug-likeness (QED) is 0.785. The number of rotatable bonds is 2. The first-order valence-corrected chi connectivity index (χ1v) is 6.03. The zero-order chi connectivity index (χ0) is 16.8. The van der Waals surface area contributed by atoms with Crippen molar-refractivity contribution in [3.63, 3.8) is 0 Å². The van der Waals surface area contributed by atoms with Crippen molar-refractivity contribution < 1.29 is 36.9 Å². The third-order valence-electron chi connectivity index (χ3n) is 2.93. The summed E-state index contributed by atoms with van der Waals surface area (Å²) in [6, 6.07) is 6.00. The maximum Gasteiger partial charge on any atom is 0.436 e. The summed E-state index contributed by atoms with van der Waals surface area (Å²) < 4.78 is 41.4. The highest BCUT2D eigenvalue weighted by molar-refractivity contribution is 6.21. The van der Waals surface area contributed by atoms with Crippen LogP contribution in [0.25, 0.3) is 0 Å². The molecule has 0 unspecified atom stereocenters. The Hall–Kier alpha value is -3.17. The van der Waals surface area contributed by atoms with Crippen molar-refractivity contribution in [1.82, 2.24) is 10.2 Å². The molecule has 10 heteroatoms. The van der Waals surface area contributed by atoms with E-state index < -0.39 is 35.4 Å². The molecule has 1 aromatic carbocycles. The lowest BCUT2D eigenvalue weighted by molar-refractivity contribution is -0.142. The Morgan fingerprint density at radius 1 is 1.13 bits per heavy atom. The number of benzene rings is 1. The van der Waals surface area contributed by atoms with Crippen LogP contribution in [0.15, 0.2) is 34.9 Å². The number of carbonyl (C=O) groups is 3. The van der Waals surface area contributed by atoms with E-state index in [0.717, 1.165) is 0 Å². The predicted octanol–water partition coefficient (Wildman–Crippen LogP) is 2.06. The minimum absolute atomic E-state index is 0.0128. The van der Waals surface area contributed by atoms with Gasteiger partial charge in [-0.1, -0.05) is 22.4 Å². The molecule has 1 aliphatic rings. The summed E-state index contributed by atoms with van der Waals surface area (Å²) in [5, 5.41) is 2.83. The van der Waals surface area contributed by atoms with Crippen molar-refractivity contribution in [1.29, 1.82) is 0 Å². The Morgan fingerprint density at radius 3 is 2.17 bits per heavy atom. The molecule has 0 saturated carbocycles. The lowest BCUT2D eigenvalue weighted by Gasteiger charge is -2.10. The van der Waals surface area contributed by atoms with E-state index in [1.165, 1.54) is 24.3 Å². The second-order valence-electron chi connectivity index (χ2n) is 4.40. The lowest BCUT2D eigenvalue weighted by atomic mass is 10.1. The van der Waals surface area contributed by atoms with E-state index in [2.05, 4.69) is 14.5 Å². The molecule has 3 rings (SSSR count).